The van der Waals surface area contributed by atoms with Crippen molar-refractivity contribution in [3.05, 3.63) is 77.7 Å². The number of hydrogen-bond donors (Lipinski definition) is 1. The number of hydrogen-bond acceptors (Lipinski definition) is 3. The summed E-state index contributed by atoms with van der Waals surface area (Å²) >= 11 is 0. The average Bonchev–Trinajstić information content (AvgIpc) is 3.07. The van der Waals surface area contributed by atoms with Crippen LogP contribution in [0, 0.1) is 6.92 Å². The van der Waals surface area contributed by atoms with Crippen molar-refractivity contribution < 1.29 is 9.21 Å². The van der Waals surface area contributed by atoms with E-state index in [0.29, 0.717) is 25.3 Å². The van der Waals surface area contributed by atoms with Gasteiger partial charge in [0.25, 0.3) is 0 Å². The van der Waals surface area contributed by atoms with Crippen molar-refractivity contribution >= 4 is 5.91 Å². The molecule has 1 amide bonds. The minimum absolute atomic E-state index is 0.0191. The van der Waals surface area contributed by atoms with Crippen LogP contribution >= 0.6 is 0 Å². The van der Waals surface area contributed by atoms with Crippen molar-refractivity contribution in [1.82, 2.24) is 10.3 Å². The molecule has 1 N–H and O–H groups in total. The van der Waals surface area contributed by atoms with Crippen LogP contribution in [0.15, 0.2) is 65.3 Å². The fourth-order valence-corrected chi connectivity index (χ4v) is 2.42. The molecular formula is C20H20N2O2. The third-order valence-electron chi connectivity index (χ3n) is 3.76. The molecule has 1 heterocycles. The van der Waals surface area contributed by atoms with Crippen LogP contribution in [0.25, 0.3) is 11.5 Å². The molecule has 0 aliphatic carbocycles. The van der Waals surface area contributed by atoms with E-state index in [1.165, 1.54) is 5.56 Å². The fraction of sp³-hybridized carbons (Fsp3) is 0.200. The van der Waals surface area contributed by atoms with E-state index in [4.69, 9.17) is 4.42 Å². The number of nitrogens with zero attached hydrogens (tertiary/aromatic N) is 1. The summed E-state index contributed by atoms with van der Waals surface area (Å²) in [7, 11) is 0. The average molecular weight is 320 g/mol. The maximum Gasteiger partial charge on any atom is 0.226 e. The van der Waals surface area contributed by atoms with Gasteiger partial charge in [-0.3, -0.25) is 4.79 Å². The van der Waals surface area contributed by atoms with E-state index in [2.05, 4.69) is 10.3 Å². The number of rotatable bonds is 6. The third-order valence-corrected chi connectivity index (χ3v) is 3.76. The molecule has 2 aromatic carbocycles. The number of benzene rings is 2. The Hall–Kier alpha value is -2.88. The fourth-order valence-electron chi connectivity index (χ4n) is 2.42. The highest BCUT2D eigenvalue weighted by Crippen LogP contribution is 2.17. The topological polar surface area (TPSA) is 55.1 Å². The summed E-state index contributed by atoms with van der Waals surface area (Å²) in [5.74, 6) is 0.627. The summed E-state index contributed by atoms with van der Waals surface area (Å²) in [6.45, 7) is 2.58. The Bertz CT molecular complexity index is 792. The van der Waals surface area contributed by atoms with Crippen molar-refractivity contribution in [1.29, 1.82) is 0 Å². The van der Waals surface area contributed by atoms with Gasteiger partial charge >= 0.3 is 0 Å². The Kier molecular flexibility index (Phi) is 5.06. The van der Waals surface area contributed by atoms with Crippen LogP contribution < -0.4 is 5.32 Å². The quantitative estimate of drug-likeness (QED) is 0.755. The zero-order valence-corrected chi connectivity index (χ0v) is 13.7. The second kappa shape index (κ2) is 7.59. The minimum Gasteiger partial charge on any atom is -0.444 e. The van der Waals surface area contributed by atoms with Crippen LogP contribution in [0.5, 0.6) is 0 Å². The van der Waals surface area contributed by atoms with Gasteiger partial charge in [0.2, 0.25) is 11.8 Å². The number of nitrogens with one attached hydrogen (secondary N) is 1. The summed E-state index contributed by atoms with van der Waals surface area (Å²) < 4.78 is 5.49. The molecule has 0 saturated carbocycles. The molecule has 24 heavy (non-hydrogen) atoms. The van der Waals surface area contributed by atoms with E-state index in [9.17, 15) is 4.79 Å². The lowest BCUT2D eigenvalue weighted by Crippen LogP contribution is -2.27. The maximum atomic E-state index is 12.0. The van der Waals surface area contributed by atoms with Gasteiger partial charge in [0.05, 0.1) is 12.1 Å². The van der Waals surface area contributed by atoms with Crippen LogP contribution in [-0.2, 0) is 17.6 Å². The lowest BCUT2D eigenvalue weighted by atomic mass is 10.1. The largest absolute Gasteiger partial charge is 0.444 e. The molecule has 4 nitrogen and oxygen atoms in total. The Morgan fingerprint density at radius 1 is 1.08 bits per heavy atom. The van der Waals surface area contributed by atoms with Gasteiger partial charge in [0.1, 0.15) is 6.26 Å². The first-order chi connectivity index (χ1) is 11.7. The maximum absolute atomic E-state index is 12.0. The highest BCUT2D eigenvalue weighted by atomic mass is 16.3. The first-order valence-electron chi connectivity index (χ1n) is 8.03. The molecule has 0 unspecified atom stereocenters. The minimum atomic E-state index is 0.0191. The van der Waals surface area contributed by atoms with E-state index in [1.807, 2.05) is 61.5 Å². The Labute approximate surface area is 141 Å². The van der Waals surface area contributed by atoms with Gasteiger partial charge in [0.15, 0.2) is 0 Å². The normalized spacial score (nSPS) is 10.5. The predicted molar refractivity (Wildman–Crippen MR) is 93.5 cm³/mol. The number of aromatic nitrogens is 1. The number of carbonyl (C=O) groups excluding carboxylic acids is 1. The van der Waals surface area contributed by atoms with E-state index in [-0.39, 0.29) is 5.91 Å². The molecule has 1 aromatic heterocycles. The van der Waals surface area contributed by atoms with Gasteiger partial charge in [0, 0.05) is 18.5 Å². The highest BCUT2D eigenvalue weighted by molar-refractivity contribution is 5.78. The van der Waals surface area contributed by atoms with E-state index in [0.717, 1.165) is 16.8 Å². The van der Waals surface area contributed by atoms with Crippen LogP contribution in [0.1, 0.15) is 16.8 Å². The standard InChI is InChI=1S/C20H20N2O2/c1-15-7-9-16(10-8-15)13-19(23)21-12-11-18-14-24-20(22-18)17-5-3-2-4-6-17/h2-10,14H,11-13H2,1H3,(H,21,23). The number of aryl methyl sites for hydroxylation is 1. The lowest BCUT2D eigenvalue weighted by molar-refractivity contribution is -0.120. The molecule has 0 bridgehead atoms. The van der Waals surface area contributed by atoms with Crippen LogP contribution in [0.2, 0.25) is 0 Å². The number of oxazole rings is 1. The molecule has 0 radical (unpaired) electrons. The van der Waals surface area contributed by atoms with Crippen LogP contribution in [0.4, 0.5) is 0 Å². The van der Waals surface area contributed by atoms with E-state index < -0.39 is 0 Å². The molecule has 0 fully saturated rings. The van der Waals surface area contributed by atoms with Crippen LogP contribution in [0.3, 0.4) is 0 Å². The summed E-state index contributed by atoms with van der Waals surface area (Å²) in [6, 6.07) is 17.8. The van der Waals surface area contributed by atoms with Crippen molar-refractivity contribution in [3.8, 4) is 11.5 Å². The molecule has 0 saturated heterocycles. The first-order valence-corrected chi connectivity index (χ1v) is 8.03. The number of carbonyl (C=O) groups is 1. The zero-order chi connectivity index (χ0) is 16.8. The molecule has 0 spiro atoms. The zero-order valence-electron chi connectivity index (χ0n) is 13.7. The van der Waals surface area contributed by atoms with Gasteiger partial charge in [-0.15, -0.1) is 0 Å². The molecule has 3 aromatic rings. The van der Waals surface area contributed by atoms with Gasteiger partial charge < -0.3 is 9.73 Å². The van der Waals surface area contributed by atoms with E-state index in [1.54, 1.807) is 6.26 Å². The SMILES string of the molecule is Cc1ccc(CC(=O)NCCc2coc(-c3ccccc3)n2)cc1. The Balaban J connectivity index is 1.47. The second-order valence-electron chi connectivity index (χ2n) is 5.77. The molecule has 122 valence electrons. The Morgan fingerprint density at radius 2 is 1.83 bits per heavy atom. The predicted octanol–water partition coefficient (Wildman–Crippen LogP) is 3.55. The van der Waals surface area contributed by atoms with Gasteiger partial charge in [-0.2, -0.15) is 0 Å². The summed E-state index contributed by atoms with van der Waals surface area (Å²) in [4.78, 5) is 16.4. The molecule has 3 rings (SSSR count). The van der Waals surface area contributed by atoms with Gasteiger partial charge in [-0.05, 0) is 24.6 Å². The smallest absolute Gasteiger partial charge is 0.226 e. The Morgan fingerprint density at radius 3 is 2.58 bits per heavy atom. The van der Waals surface area contributed by atoms with Crippen molar-refractivity contribution in [2.24, 2.45) is 0 Å². The summed E-state index contributed by atoms with van der Waals surface area (Å²) in [5, 5.41) is 2.92. The molecule has 0 aliphatic heterocycles. The second-order valence-corrected chi connectivity index (χ2v) is 5.77. The van der Waals surface area contributed by atoms with Crippen molar-refractivity contribution in [3.63, 3.8) is 0 Å². The summed E-state index contributed by atoms with van der Waals surface area (Å²) in [5.41, 5.74) is 4.00. The highest BCUT2D eigenvalue weighted by Gasteiger charge is 2.07. The molecule has 0 aliphatic rings. The van der Waals surface area contributed by atoms with Crippen LogP contribution in [-0.4, -0.2) is 17.4 Å². The lowest BCUT2D eigenvalue weighted by Gasteiger charge is -2.04. The monoisotopic (exact) mass is 320 g/mol. The molecule has 0 atom stereocenters. The molecular weight excluding hydrogens is 300 g/mol. The number of amides is 1. The van der Waals surface area contributed by atoms with Crippen molar-refractivity contribution in [2.75, 3.05) is 6.54 Å². The first kappa shape index (κ1) is 16.0. The van der Waals surface area contributed by atoms with Gasteiger partial charge in [-0.25, -0.2) is 4.98 Å². The van der Waals surface area contributed by atoms with Crippen molar-refractivity contribution in [2.45, 2.75) is 19.8 Å². The van der Waals surface area contributed by atoms with E-state index >= 15 is 0 Å². The third kappa shape index (κ3) is 4.32. The van der Waals surface area contributed by atoms with Gasteiger partial charge in [-0.1, -0.05) is 48.0 Å². The summed E-state index contributed by atoms with van der Waals surface area (Å²) in [6.07, 6.45) is 2.69. The molecule has 4 heteroatoms.